The number of piperazine rings is 1. The lowest BCUT2D eigenvalue weighted by atomic mass is 10.3. The van der Waals surface area contributed by atoms with Gasteiger partial charge in [-0.3, -0.25) is 4.90 Å². The molecule has 1 aliphatic rings. The molecule has 2 rings (SSSR count). The SMILES string of the molecule is Nc1ccc(S(=O)(=O)N2CCN(CCO)CC2)cc1Cl. The number of sulfonamides is 1. The van der Waals surface area contributed by atoms with Crippen LogP contribution in [0.3, 0.4) is 0 Å². The Hall–Kier alpha value is -0.860. The first-order valence-electron chi connectivity index (χ1n) is 6.33. The molecule has 20 heavy (non-hydrogen) atoms. The summed E-state index contributed by atoms with van der Waals surface area (Å²) in [6.07, 6.45) is 0. The summed E-state index contributed by atoms with van der Waals surface area (Å²) in [4.78, 5) is 2.19. The van der Waals surface area contributed by atoms with Crippen molar-refractivity contribution in [1.82, 2.24) is 9.21 Å². The number of benzene rings is 1. The second-order valence-corrected chi connectivity index (χ2v) is 7.00. The summed E-state index contributed by atoms with van der Waals surface area (Å²) >= 11 is 5.88. The van der Waals surface area contributed by atoms with Crippen LogP contribution in [0.1, 0.15) is 0 Å². The molecule has 1 aromatic rings. The first-order valence-corrected chi connectivity index (χ1v) is 8.15. The molecule has 1 aromatic carbocycles. The predicted molar refractivity (Wildman–Crippen MR) is 78.1 cm³/mol. The third-order valence-corrected chi connectivity index (χ3v) is 5.58. The van der Waals surface area contributed by atoms with Crippen molar-refractivity contribution in [3.63, 3.8) is 0 Å². The van der Waals surface area contributed by atoms with Crippen LogP contribution in [0.25, 0.3) is 0 Å². The number of aliphatic hydroxyl groups is 1. The average molecular weight is 320 g/mol. The summed E-state index contributed by atoms with van der Waals surface area (Å²) in [7, 11) is -3.54. The molecule has 6 nitrogen and oxygen atoms in total. The molecule has 8 heteroatoms. The molecule has 0 atom stereocenters. The Morgan fingerprint density at radius 1 is 1.25 bits per heavy atom. The fourth-order valence-electron chi connectivity index (χ4n) is 2.15. The van der Waals surface area contributed by atoms with Crippen molar-refractivity contribution in [3.8, 4) is 0 Å². The molecule has 112 valence electrons. The number of anilines is 1. The number of hydrogen-bond acceptors (Lipinski definition) is 5. The maximum absolute atomic E-state index is 12.5. The van der Waals surface area contributed by atoms with Crippen LogP contribution in [0.5, 0.6) is 0 Å². The molecule has 0 aliphatic carbocycles. The van der Waals surface area contributed by atoms with E-state index in [2.05, 4.69) is 0 Å². The average Bonchev–Trinajstić information content (AvgIpc) is 2.43. The van der Waals surface area contributed by atoms with Crippen molar-refractivity contribution in [2.24, 2.45) is 0 Å². The highest BCUT2D eigenvalue weighted by Gasteiger charge is 2.28. The summed E-state index contributed by atoms with van der Waals surface area (Å²) in [5.41, 5.74) is 5.95. The fourth-order valence-corrected chi connectivity index (χ4v) is 3.85. The molecule has 0 unspecified atom stereocenters. The highest BCUT2D eigenvalue weighted by atomic mass is 35.5. The quantitative estimate of drug-likeness (QED) is 0.775. The minimum absolute atomic E-state index is 0.0837. The van der Waals surface area contributed by atoms with Crippen molar-refractivity contribution >= 4 is 27.3 Å². The van der Waals surface area contributed by atoms with Crippen molar-refractivity contribution in [2.45, 2.75) is 4.90 Å². The zero-order valence-corrected chi connectivity index (χ0v) is 12.6. The number of halogens is 1. The summed E-state index contributed by atoms with van der Waals surface area (Å²) in [6, 6.07) is 4.35. The third kappa shape index (κ3) is 3.24. The van der Waals surface area contributed by atoms with E-state index >= 15 is 0 Å². The highest BCUT2D eigenvalue weighted by molar-refractivity contribution is 7.89. The van der Waals surface area contributed by atoms with Gasteiger partial charge >= 0.3 is 0 Å². The predicted octanol–water partition coefficient (Wildman–Crippen LogP) is 0.221. The van der Waals surface area contributed by atoms with E-state index in [0.29, 0.717) is 38.4 Å². The van der Waals surface area contributed by atoms with Gasteiger partial charge in [0, 0.05) is 32.7 Å². The summed E-state index contributed by atoms with van der Waals surface area (Å²) in [5, 5.41) is 9.12. The highest BCUT2D eigenvalue weighted by Crippen LogP contribution is 2.25. The van der Waals surface area contributed by atoms with Crippen LogP contribution >= 0.6 is 11.6 Å². The van der Waals surface area contributed by atoms with Crippen molar-refractivity contribution in [1.29, 1.82) is 0 Å². The molecule has 1 aliphatic heterocycles. The maximum atomic E-state index is 12.5. The number of nitrogens with two attached hydrogens (primary N) is 1. The van der Waals surface area contributed by atoms with Crippen molar-refractivity contribution in [3.05, 3.63) is 23.2 Å². The molecule has 3 N–H and O–H groups in total. The van der Waals surface area contributed by atoms with Gasteiger partial charge in [0.05, 0.1) is 22.2 Å². The molecular weight excluding hydrogens is 302 g/mol. The van der Waals surface area contributed by atoms with E-state index in [1.807, 2.05) is 4.90 Å². The Kier molecular flexibility index (Phi) is 4.87. The minimum Gasteiger partial charge on any atom is -0.398 e. The zero-order chi connectivity index (χ0) is 14.8. The first kappa shape index (κ1) is 15.5. The van der Waals surface area contributed by atoms with E-state index in [-0.39, 0.29) is 16.5 Å². The summed E-state index contributed by atoms with van der Waals surface area (Å²) in [5.74, 6) is 0. The van der Waals surface area contributed by atoms with Crippen LogP contribution in [0.4, 0.5) is 5.69 Å². The van der Waals surface area contributed by atoms with Crippen molar-refractivity contribution < 1.29 is 13.5 Å². The molecule has 1 fully saturated rings. The Bertz CT molecular complexity index is 571. The summed E-state index contributed by atoms with van der Waals surface area (Å²) in [6.45, 7) is 2.70. The van der Waals surface area contributed by atoms with Gasteiger partial charge in [-0.15, -0.1) is 0 Å². The van der Waals surface area contributed by atoms with Gasteiger partial charge in [0.25, 0.3) is 0 Å². The third-order valence-electron chi connectivity index (χ3n) is 3.36. The van der Waals surface area contributed by atoms with E-state index in [1.54, 1.807) is 0 Å². The van der Waals surface area contributed by atoms with Crippen molar-refractivity contribution in [2.75, 3.05) is 45.1 Å². The molecule has 0 aromatic heterocycles. The van der Waals surface area contributed by atoms with E-state index < -0.39 is 10.0 Å². The molecule has 0 saturated carbocycles. The Labute approximate surface area is 123 Å². The van der Waals surface area contributed by atoms with Crippen LogP contribution in [0.2, 0.25) is 5.02 Å². The minimum atomic E-state index is -3.54. The number of nitrogens with zero attached hydrogens (tertiary/aromatic N) is 2. The normalized spacial score (nSPS) is 18.3. The van der Waals surface area contributed by atoms with Crippen LogP contribution < -0.4 is 5.73 Å². The van der Waals surface area contributed by atoms with Crippen LogP contribution in [-0.4, -0.2) is 62.1 Å². The lowest BCUT2D eigenvalue weighted by Gasteiger charge is -2.33. The van der Waals surface area contributed by atoms with E-state index in [4.69, 9.17) is 22.4 Å². The van der Waals surface area contributed by atoms with Gasteiger partial charge in [0.2, 0.25) is 10.0 Å². The molecular formula is C12H18ClN3O3S. The molecule has 0 amide bonds. The van der Waals surface area contributed by atoms with Gasteiger partial charge in [-0.05, 0) is 18.2 Å². The molecule has 1 saturated heterocycles. The van der Waals surface area contributed by atoms with Gasteiger partial charge in [0.1, 0.15) is 0 Å². The lowest BCUT2D eigenvalue weighted by molar-refractivity contribution is 0.151. The standard InChI is InChI=1S/C12H18ClN3O3S/c13-11-9-10(1-2-12(11)14)20(18,19)16-5-3-15(4-6-16)7-8-17/h1-2,9,17H,3-8,14H2. The largest absolute Gasteiger partial charge is 0.398 e. The summed E-state index contributed by atoms with van der Waals surface area (Å²) < 4.78 is 26.4. The Morgan fingerprint density at radius 3 is 2.45 bits per heavy atom. The van der Waals surface area contributed by atoms with Gasteiger partial charge < -0.3 is 10.8 Å². The number of hydrogen-bond donors (Lipinski definition) is 2. The maximum Gasteiger partial charge on any atom is 0.243 e. The van der Waals surface area contributed by atoms with E-state index in [0.717, 1.165) is 0 Å². The number of rotatable bonds is 4. The second kappa shape index (κ2) is 6.28. The van der Waals surface area contributed by atoms with Gasteiger partial charge in [-0.1, -0.05) is 11.6 Å². The van der Waals surface area contributed by atoms with Gasteiger partial charge in [-0.25, -0.2) is 8.42 Å². The van der Waals surface area contributed by atoms with E-state index in [9.17, 15) is 8.42 Å². The second-order valence-electron chi connectivity index (χ2n) is 4.65. The molecule has 0 bridgehead atoms. The molecule has 0 radical (unpaired) electrons. The Morgan fingerprint density at radius 2 is 1.90 bits per heavy atom. The van der Waals surface area contributed by atoms with Gasteiger partial charge in [-0.2, -0.15) is 4.31 Å². The number of β-amino-alcohol motifs (C(OH)–C–C–N with tert-alkyl or cyclic N) is 1. The number of aliphatic hydroxyl groups excluding tert-OH is 1. The topological polar surface area (TPSA) is 86.9 Å². The smallest absolute Gasteiger partial charge is 0.243 e. The van der Waals surface area contributed by atoms with E-state index in [1.165, 1.54) is 22.5 Å². The van der Waals surface area contributed by atoms with Crippen LogP contribution in [-0.2, 0) is 10.0 Å². The number of nitrogen functional groups attached to an aromatic ring is 1. The Balaban J connectivity index is 2.13. The zero-order valence-electron chi connectivity index (χ0n) is 11.0. The fraction of sp³-hybridized carbons (Fsp3) is 0.500. The van der Waals surface area contributed by atoms with Gasteiger partial charge in [0.15, 0.2) is 0 Å². The monoisotopic (exact) mass is 319 g/mol. The molecule has 0 spiro atoms. The van der Waals surface area contributed by atoms with Crippen LogP contribution in [0.15, 0.2) is 23.1 Å². The van der Waals surface area contributed by atoms with Crippen LogP contribution in [0, 0.1) is 0 Å². The lowest BCUT2D eigenvalue weighted by Crippen LogP contribution is -2.49. The first-order chi connectivity index (χ1) is 9.45. The molecule has 1 heterocycles.